The topological polar surface area (TPSA) is 76.0 Å². The monoisotopic (exact) mass is 348 g/mol. The van der Waals surface area contributed by atoms with Gasteiger partial charge in [0.25, 0.3) is 0 Å². The molecule has 2 aromatic carbocycles. The third-order valence-electron chi connectivity index (χ3n) is 3.85. The molecule has 0 radical (unpaired) electrons. The summed E-state index contributed by atoms with van der Waals surface area (Å²) in [5.74, 6) is 0.553. The van der Waals surface area contributed by atoms with E-state index >= 15 is 0 Å². The van der Waals surface area contributed by atoms with Crippen molar-refractivity contribution in [3.05, 3.63) is 77.5 Å². The van der Waals surface area contributed by atoms with Gasteiger partial charge in [-0.05, 0) is 31.5 Å². The number of aryl methyl sites for hydroxylation is 1. The minimum Gasteiger partial charge on any atom is -0.308 e. The van der Waals surface area contributed by atoms with Crippen LogP contribution in [0.5, 0.6) is 0 Å². The van der Waals surface area contributed by atoms with E-state index in [2.05, 4.69) is 15.7 Å². The molecule has 0 aliphatic heterocycles. The summed E-state index contributed by atoms with van der Waals surface area (Å²) >= 11 is 0. The second-order valence-corrected chi connectivity index (χ2v) is 6.03. The number of Topliss-reactive ketones (excluding diaryl/α,β-unsaturated/α-hetero) is 1. The van der Waals surface area contributed by atoms with Crippen molar-refractivity contribution in [3.8, 4) is 0 Å². The molecule has 0 saturated heterocycles. The van der Waals surface area contributed by atoms with Gasteiger partial charge in [-0.15, -0.1) is 0 Å². The fraction of sp³-hybridized carbons (Fsp3) is 0.150. The van der Waals surface area contributed by atoms with E-state index in [-0.39, 0.29) is 11.8 Å². The van der Waals surface area contributed by atoms with Crippen LogP contribution in [0.3, 0.4) is 0 Å². The number of ketones is 1. The molecule has 2 amide bonds. The highest BCUT2D eigenvalue weighted by Gasteiger charge is 2.10. The third kappa shape index (κ3) is 4.36. The minimum absolute atomic E-state index is 0.0504. The first-order valence-electron chi connectivity index (χ1n) is 8.28. The lowest BCUT2D eigenvalue weighted by Gasteiger charge is -2.10. The number of hydrogen-bond donors (Lipinski definition) is 2. The van der Waals surface area contributed by atoms with Crippen LogP contribution in [0, 0.1) is 6.92 Å². The highest BCUT2D eigenvalue weighted by molar-refractivity contribution is 6.01. The summed E-state index contributed by atoms with van der Waals surface area (Å²) in [5.41, 5.74) is 3.01. The molecule has 0 fully saturated rings. The minimum atomic E-state index is -0.389. The molecule has 0 atom stereocenters. The molecule has 132 valence electrons. The maximum atomic E-state index is 12.3. The van der Waals surface area contributed by atoms with Gasteiger partial charge >= 0.3 is 6.03 Å². The summed E-state index contributed by atoms with van der Waals surface area (Å²) in [6, 6.07) is 18.2. The molecule has 26 heavy (non-hydrogen) atoms. The Hall–Kier alpha value is -3.41. The number of amides is 2. The molecular weight excluding hydrogens is 328 g/mol. The molecule has 3 rings (SSSR count). The van der Waals surface area contributed by atoms with Crippen LogP contribution in [-0.2, 0) is 6.54 Å². The SMILES string of the molecule is CC(=O)c1cccc(NC(=O)Nc2cc(C)nn2Cc2ccccc2)c1. The molecule has 0 saturated carbocycles. The first-order valence-corrected chi connectivity index (χ1v) is 8.28. The number of aromatic nitrogens is 2. The van der Waals surface area contributed by atoms with Crippen LogP contribution in [0.4, 0.5) is 16.3 Å². The van der Waals surface area contributed by atoms with Gasteiger partial charge in [-0.2, -0.15) is 5.10 Å². The van der Waals surface area contributed by atoms with Gasteiger partial charge in [0, 0.05) is 17.3 Å². The summed E-state index contributed by atoms with van der Waals surface area (Å²) in [6.45, 7) is 3.93. The maximum Gasteiger partial charge on any atom is 0.324 e. The average Bonchev–Trinajstić information content (AvgIpc) is 2.94. The van der Waals surface area contributed by atoms with Crippen LogP contribution < -0.4 is 10.6 Å². The number of hydrogen-bond acceptors (Lipinski definition) is 3. The van der Waals surface area contributed by atoms with E-state index in [1.54, 1.807) is 28.9 Å². The van der Waals surface area contributed by atoms with Gasteiger partial charge in [-0.3, -0.25) is 10.1 Å². The van der Waals surface area contributed by atoms with E-state index in [0.29, 0.717) is 23.6 Å². The number of rotatable bonds is 5. The van der Waals surface area contributed by atoms with Crippen molar-refractivity contribution in [1.29, 1.82) is 0 Å². The van der Waals surface area contributed by atoms with Crippen LogP contribution in [0.15, 0.2) is 60.7 Å². The summed E-state index contributed by atoms with van der Waals surface area (Å²) < 4.78 is 1.75. The second-order valence-electron chi connectivity index (χ2n) is 6.03. The summed E-state index contributed by atoms with van der Waals surface area (Å²) in [7, 11) is 0. The van der Waals surface area contributed by atoms with Gasteiger partial charge in [0.05, 0.1) is 12.2 Å². The van der Waals surface area contributed by atoms with Crippen molar-refractivity contribution in [3.63, 3.8) is 0 Å². The molecule has 1 aromatic heterocycles. The zero-order chi connectivity index (χ0) is 18.5. The molecular formula is C20H20N4O2. The van der Waals surface area contributed by atoms with Gasteiger partial charge < -0.3 is 5.32 Å². The molecule has 1 heterocycles. The molecule has 6 heteroatoms. The number of nitrogens with one attached hydrogen (secondary N) is 2. The van der Waals surface area contributed by atoms with Crippen LogP contribution in [0.25, 0.3) is 0 Å². The molecule has 0 unspecified atom stereocenters. The predicted molar refractivity (Wildman–Crippen MR) is 102 cm³/mol. The van der Waals surface area contributed by atoms with Crippen molar-refractivity contribution in [2.75, 3.05) is 10.6 Å². The Morgan fingerprint density at radius 3 is 2.50 bits per heavy atom. The lowest BCUT2D eigenvalue weighted by Crippen LogP contribution is -2.22. The highest BCUT2D eigenvalue weighted by atomic mass is 16.2. The Balaban J connectivity index is 1.71. The zero-order valence-corrected chi connectivity index (χ0v) is 14.7. The lowest BCUT2D eigenvalue weighted by molar-refractivity contribution is 0.101. The Morgan fingerprint density at radius 1 is 1.00 bits per heavy atom. The predicted octanol–water partition coefficient (Wildman–Crippen LogP) is 4.09. The second kappa shape index (κ2) is 7.65. The van der Waals surface area contributed by atoms with Crippen LogP contribution in [-0.4, -0.2) is 21.6 Å². The molecule has 0 aliphatic carbocycles. The summed E-state index contributed by atoms with van der Waals surface area (Å²) in [4.78, 5) is 23.8. The van der Waals surface area contributed by atoms with Gasteiger partial charge in [0.2, 0.25) is 0 Å². The smallest absolute Gasteiger partial charge is 0.308 e. The maximum absolute atomic E-state index is 12.3. The largest absolute Gasteiger partial charge is 0.324 e. The van der Waals surface area contributed by atoms with Gasteiger partial charge in [0.1, 0.15) is 5.82 Å². The van der Waals surface area contributed by atoms with E-state index in [0.717, 1.165) is 11.3 Å². The first-order chi connectivity index (χ1) is 12.5. The van der Waals surface area contributed by atoms with E-state index in [4.69, 9.17) is 0 Å². The van der Waals surface area contributed by atoms with Gasteiger partial charge in [0.15, 0.2) is 5.78 Å². The fourth-order valence-electron chi connectivity index (χ4n) is 2.62. The van der Waals surface area contributed by atoms with Crippen molar-refractivity contribution in [2.45, 2.75) is 20.4 Å². The Labute approximate surface area is 151 Å². The van der Waals surface area contributed by atoms with Crippen LogP contribution in [0.2, 0.25) is 0 Å². The third-order valence-corrected chi connectivity index (χ3v) is 3.85. The number of anilines is 2. The Bertz CT molecular complexity index is 932. The first kappa shape index (κ1) is 17.4. The number of benzene rings is 2. The van der Waals surface area contributed by atoms with E-state index in [1.807, 2.05) is 43.3 Å². The van der Waals surface area contributed by atoms with Crippen molar-refractivity contribution in [2.24, 2.45) is 0 Å². The van der Waals surface area contributed by atoms with E-state index in [9.17, 15) is 9.59 Å². The fourth-order valence-corrected chi connectivity index (χ4v) is 2.62. The molecule has 2 N–H and O–H groups in total. The zero-order valence-electron chi connectivity index (χ0n) is 14.7. The quantitative estimate of drug-likeness (QED) is 0.682. The summed E-state index contributed by atoms with van der Waals surface area (Å²) in [6.07, 6.45) is 0. The molecule has 3 aromatic rings. The molecule has 6 nitrogen and oxygen atoms in total. The van der Waals surface area contributed by atoms with Crippen molar-refractivity contribution in [1.82, 2.24) is 9.78 Å². The molecule has 0 aliphatic rings. The highest BCUT2D eigenvalue weighted by Crippen LogP contribution is 2.15. The van der Waals surface area contributed by atoms with E-state index < -0.39 is 0 Å². The Kier molecular flexibility index (Phi) is 5.12. The number of carbonyl (C=O) groups excluding carboxylic acids is 2. The van der Waals surface area contributed by atoms with E-state index in [1.165, 1.54) is 6.92 Å². The molecule has 0 spiro atoms. The van der Waals surface area contributed by atoms with Crippen molar-refractivity contribution >= 4 is 23.3 Å². The number of nitrogens with zero attached hydrogens (tertiary/aromatic N) is 2. The van der Waals surface area contributed by atoms with Crippen LogP contribution >= 0.6 is 0 Å². The van der Waals surface area contributed by atoms with Gasteiger partial charge in [-0.25, -0.2) is 9.48 Å². The average molecular weight is 348 g/mol. The number of carbonyl (C=O) groups is 2. The normalized spacial score (nSPS) is 10.4. The Morgan fingerprint density at radius 2 is 1.77 bits per heavy atom. The van der Waals surface area contributed by atoms with Gasteiger partial charge in [-0.1, -0.05) is 42.5 Å². The molecule has 0 bridgehead atoms. The standard InChI is InChI=1S/C20H20N4O2/c1-14-11-19(24(23-14)13-16-7-4-3-5-8-16)22-20(26)21-18-10-6-9-17(12-18)15(2)25/h3-12H,13H2,1-2H3,(H2,21,22,26). The van der Waals surface area contributed by atoms with Crippen LogP contribution in [0.1, 0.15) is 28.5 Å². The lowest BCUT2D eigenvalue weighted by atomic mass is 10.1. The summed E-state index contributed by atoms with van der Waals surface area (Å²) in [5, 5.41) is 9.99. The van der Waals surface area contributed by atoms with Crippen molar-refractivity contribution < 1.29 is 9.59 Å². The number of urea groups is 1.